The highest BCUT2D eigenvalue weighted by Crippen LogP contribution is 2.20. The highest BCUT2D eigenvalue weighted by Gasteiger charge is 2.21. The summed E-state index contributed by atoms with van der Waals surface area (Å²) in [5, 5.41) is 11.7. The first-order chi connectivity index (χ1) is 16.6. The van der Waals surface area contributed by atoms with Gasteiger partial charge in [0.15, 0.2) is 11.2 Å². The number of carboxylic acids is 1. The van der Waals surface area contributed by atoms with Crippen LogP contribution in [-0.4, -0.2) is 72.7 Å². The first-order valence-corrected chi connectivity index (χ1v) is 10.9. The van der Waals surface area contributed by atoms with Gasteiger partial charge < -0.3 is 29.4 Å². The van der Waals surface area contributed by atoms with Gasteiger partial charge in [-0.1, -0.05) is 30.3 Å². The Balaban J connectivity index is 1.65. The number of carbonyl (C=O) groups is 3. The number of aliphatic carboxylic acids is 1. The van der Waals surface area contributed by atoms with Crippen molar-refractivity contribution in [2.45, 2.75) is 39.5 Å². The van der Waals surface area contributed by atoms with E-state index in [2.05, 4.69) is 20.3 Å². The average Bonchev–Trinajstić information content (AvgIpc) is 3.19. The average molecular weight is 485 g/mol. The van der Waals surface area contributed by atoms with Crippen LogP contribution in [-0.2, 0) is 27.5 Å². The summed E-state index contributed by atoms with van der Waals surface area (Å²) in [5.74, 6) is -1.39. The second-order valence-electron chi connectivity index (χ2n) is 8.64. The summed E-state index contributed by atoms with van der Waals surface area (Å²) in [6.07, 6.45) is 2.08. The molecule has 3 rings (SSSR count). The van der Waals surface area contributed by atoms with E-state index in [0.29, 0.717) is 11.2 Å². The van der Waals surface area contributed by atoms with Crippen LogP contribution in [0.25, 0.3) is 11.2 Å². The Labute approximate surface area is 201 Å². The van der Waals surface area contributed by atoms with Crippen molar-refractivity contribution >= 4 is 29.1 Å². The summed E-state index contributed by atoms with van der Waals surface area (Å²) in [4.78, 5) is 49.7. The summed E-state index contributed by atoms with van der Waals surface area (Å²) in [5.41, 5.74) is 1.04. The third-order valence-electron chi connectivity index (χ3n) is 4.62. The Morgan fingerprint density at radius 2 is 1.86 bits per heavy atom. The molecule has 0 saturated carbocycles. The molecule has 2 heterocycles. The number of carboxylic acid groups (broad SMARTS) is 1. The molecule has 0 fully saturated rings. The van der Waals surface area contributed by atoms with Crippen molar-refractivity contribution in [3.8, 4) is 5.88 Å². The van der Waals surface area contributed by atoms with Gasteiger partial charge in [0, 0.05) is 13.1 Å². The Hall–Kier alpha value is -4.22. The summed E-state index contributed by atoms with van der Waals surface area (Å²) < 4.78 is 12.4. The zero-order chi connectivity index (χ0) is 25.4. The standard InChI is InChI=1S/C23H28N6O6/c1-23(2,3)35-22(33)24-9-10-28(12-18(31)32)17(30)11-29-15-27-19-20(29)25-14-26-21(19)34-13-16-7-5-4-6-8-16/h4-8,14-15H,9-13H2,1-3H3,(H,24,33)(H,31,32). The van der Waals surface area contributed by atoms with Crippen LogP contribution >= 0.6 is 0 Å². The first-order valence-electron chi connectivity index (χ1n) is 10.9. The molecule has 0 aliphatic rings. The number of benzene rings is 1. The van der Waals surface area contributed by atoms with Crippen molar-refractivity contribution in [2.75, 3.05) is 19.6 Å². The van der Waals surface area contributed by atoms with Gasteiger partial charge in [-0.3, -0.25) is 9.59 Å². The number of amides is 2. The minimum atomic E-state index is -1.18. The number of rotatable bonds is 10. The second kappa shape index (κ2) is 11.3. The second-order valence-corrected chi connectivity index (χ2v) is 8.64. The van der Waals surface area contributed by atoms with Gasteiger partial charge in [0.2, 0.25) is 11.8 Å². The normalized spacial score (nSPS) is 11.2. The van der Waals surface area contributed by atoms with E-state index in [0.717, 1.165) is 10.5 Å². The summed E-state index contributed by atoms with van der Waals surface area (Å²) >= 11 is 0. The Morgan fingerprint density at radius 3 is 2.54 bits per heavy atom. The number of hydrogen-bond donors (Lipinski definition) is 2. The fraction of sp³-hybridized carbons (Fsp3) is 0.391. The molecule has 0 aliphatic carbocycles. The number of aromatic nitrogens is 4. The van der Waals surface area contributed by atoms with Gasteiger partial charge in [0.05, 0.1) is 6.33 Å². The Bertz CT molecular complexity index is 1170. The van der Waals surface area contributed by atoms with Crippen molar-refractivity contribution in [3.63, 3.8) is 0 Å². The van der Waals surface area contributed by atoms with E-state index in [1.165, 1.54) is 17.2 Å². The molecule has 0 saturated heterocycles. The lowest BCUT2D eigenvalue weighted by atomic mass is 10.2. The smallest absolute Gasteiger partial charge is 0.407 e. The molecule has 186 valence electrons. The van der Waals surface area contributed by atoms with Crippen LogP contribution in [0, 0.1) is 0 Å². The molecule has 0 aliphatic heterocycles. The number of nitrogens with one attached hydrogen (secondary N) is 1. The van der Waals surface area contributed by atoms with Gasteiger partial charge in [-0.25, -0.2) is 14.8 Å². The minimum Gasteiger partial charge on any atom is -0.480 e. The third kappa shape index (κ3) is 7.66. The van der Waals surface area contributed by atoms with Crippen LogP contribution < -0.4 is 10.1 Å². The maximum absolute atomic E-state index is 12.9. The maximum atomic E-state index is 12.9. The molecule has 3 aromatic rings. The molecule has 2 aromatic heterocycles. The zero-order valence-corrected chi connectivity index (χ0v) is 19.8. The predicted molar refractivity (Wildman–Crippen MR) is 125 cm³/mol. The Kier molecular flexibility index (Phi) is 8.18. The van der Waals surface area contributed by atoms with Crippen LogP contribution in [0.2, 0.25) is 0 Å². The summed E-state index contributed by atoms with van der Waals surface area (Å²) in [6.45, 7) is 4.75. The van der Waals surface area contributed by atoms with Gasteiger partial charge >= 0.3 is 12.1 Å². The van der Waals surface area contributed by atoms with Crippen molar-refractivity contribution in [1.29, 1.82) is 0 Å². The molecule has 12 nitrogen and oxygen atoms in total. The van der Waals surface area contributed by atoms with Crippen LogP contribution in [0.1, 0.15) is 26.3 Å². The molecule has 1 aromatic carbocycles. The third-order valence-corrected chi connectivity index (χ3v) is 4.62. The topological polar surface area (TPSA) is 149 Å². The highest BCUT2D eigenvalue weighted by molar-refractivity contribution is 5.83. The van der Waals surface area contributed by atoms with E-state index in [-0.39, 0.29) is 32.1 Å². The SMILES string of the molecule is CC(C)(C)OC(=O)NCCN(CC(=O)O)C(=O)Cn1cnc2c(OCc3ccccc3)ncnc21. The molecule has 0 bridgehead atoms. The van der Waals surface area contributed by atoms with E-state index in [9.17, 15) is 19.5 Å². The van der Waals surface area contributed by atoms with Crippen molar-refractivity contribution in [1.82, 2.24) is 29.7 Å². The van der Waals surface area contributed by atoms with E-state index in [1.54, 1.807) is 20.8 Å². The number of nitrogens with zero attached hydrogens (tertiary/aromatic N) is 5. The first kappa shape index (κ1) is 25.4. The fourth-order valence-electron chi connectivity index (χ4n) is 3.11. The van der Waals surface area contributed by atoms with Crippen LogP contribution in [0.15, 0.2) is 43.0 Å². The van der Waals surface area contributed by atoms with Gasteiger partial charge in [-0.15, -0.1) is 0 Å². The van der Waals surface area contributed by atoms with E-state index >= 15 is 0 Å². The number of carbonyl (C=O) groups excluding carboxylic acids is 2. The highest BCUT2D eigenvalue weighted by atomic mass is 16.6. The molecule has 35 heavy (non-hydrogen) atoms. The number of imidazole rings is 1. The maximum Gasteiger partial charge on any atom is 0.407 e. The number of fused-ring (bicyclic) bond motifs is 1. The Morgan fingerprint density at radius 1 is 1.11 bits per heavy atom. The lowest BCUT2D eigenvalue weighted by Crippen LogP contribution is -2.43. The lowest BCUT2D eigenvalue weighted by molar-refractivity contribution is -0.144. The van der Waals surface area contributed by atoms with Gasteiger partial charge in [-0.2, -0.15) is 4.98 Å². The molecule has 2 N–H and O–H groups in total. The van der Waals surface area contributed by atoms with E-state index < -0.39 is 30.1 Å². The fourth-order valence-corrected chi connectivity index (χ4v) is 3.11. The molecule has 12 heteroatoms. The van der Waals surface area contributed by atoms with Crippen LogP contribution in [0.4, 0.5) is 4.79 Å². The van der Waals surface area contributed by atoms with Crippen LogP contribution in [0.5, 0.6) is 5.88 Å². The number of hydrogen-bond acceptors (Lipinski definition) is 8. The zero-order valence-electron chi connectivity index (χ0n) is 19.8. The minimum absolute atomic E-state index is 0.0164. The van der Waals surface area contributed by atoms with Crippen molar-refractivity contribution in [3.05, 3.63) is 48.5 Å². The number of alkyl carbamates (subject to hydrolysis) is 1. The van der Waals surface area contributed by atoms with Gasteiger partial charge in [0.25, 0.3) is 0 Å². The molecule has 0 radical (unpaired) electrons. The van der Waals surface area contributed by atoms with Crippen molar-refractivity contribution < 1.29 is 29.0 Å². The summed E-state index contributed by atoms with van der Waals surface area (Å²) in [6, 6.07) is 9.56. The summed E-state index contributed by atoms with van der Waals surface area (Å²) in [7, 11) is 0. The largest absolute Gasteiger partial charge is 0.480 e. The molecular formula is C23H28N6O6. The number of ether oxygens (including phenoxy) is 2. The van der Waals surface area contributed by atoms with Crippen LogP contribution in [0.3, 0.4) is 0 Å². The van der Waals surface area contributed by atoms with Crippen molar-refractivity contribution in [2.24, 2.45) is 0 Å². The molecule has 0 unspecified atom stereocenters. The predicted octanol–water partition coefficient (Wildman–Crippen LogP) is 1.84. The van der Waals surface area contributed by atoms with E-state index in [1.807, 2.05) is 30.3 Å². The molecule has 0 spiro atoms. The quantitative estimate of drug-likeness (QED) is 0.439. The molecule has 2 amide bonds. The monoisotopic (exact) mass is 484 g/mol. The molecular weight excluding hydrogens is 456 g/mol. The van der Waals surface area contributed by atoms with Gasteiger partial charge in [0.1, 0.15) is 31.6 Å². The van der Waals surface area contributed by atoms with Gasteiger partial charge in [-0.05, 0) is 26.3 Å². The lowest BCUT2D eigenvalue weighted by Gasteiger charge is -2.23. The van der Waals surface area contributed by atoms with E-state index in [4.69, 9.17) is 9.47 Å². The molecule has 0 atom stereocenters.